The Morgan fingerprint density at radius 2 is 2.04 bits per heavy atom. The fourth-order valence-corrected chi connectivity index (χ4v) is 4.41. The SMILES string of the molecule is Cc1nc(NC2CCN(Cc3ccccn3)CC2)c2c(C)csc2n1. The number of aromatic nitrogens is 3. The number of aryl methyl sites for hydroxylation is 2. The molecular formula is C19H23N5S. The molecule has 1 N–H and O–H groups in total. The van der Waals surface area contributed by atoms with E-state index in [1.807, 2.05) is 19.2 Å². The highest BCUT2D eigenvalue weighted by atomic mass is 32.1. The lowest BCUT2D eigenvalue weighted by Crippen LogP contribution is -2.39. The fraction of sp³-hybridized carbons (Fsp3) is 0.421. The average molecular weight is 353 g/mol. The molecule has 3 aromatic heterocycles. The van der Waals surface area contributed by atoms with Gasteiger partial charge in [-0.1, -0.05) is 6.07 Å². The zero-order chi connectivity index (χ0) is 17.2. The van der Waals surface area contributed by atoms with E-state index in [-0.39, 0.29) is 0 Å². The number of hydrogen-bond acceptors (Lipinski definition) is 6. The summed E-state index contributed by atoms with van der Waals surface area (Å²) in [6.45, 7) is 7.22. The molecular weight excluding hydrogens is 330 g/mol. The van der Waals surface area contributed by atoms with Crippen molar-refractivity contribution < 1.29 is 0 Å². The van der Waals surface area contributed by atoms with E-state index in [4.69, 9.17) is 0 Å². The van der Waals surface area contributed by atoms with Crippen LogP contribution in [0.5, 0.6) is 0 Å². The van der Waals surface area contributed by atoms with Gasteiger partial charge in [-0.2, -0.15) is 0 Å². The molecule has 4 heterocycles. The summed E-state index contributed by atoms with van der Waals surface area (Å²) < 4.78 is 0. The molecule has 0 saturated carbocycles. The number of thiophene rings is 1. The Morgan fingerprint density at radius 1 is 1.20 bits per heavy atom. The molecule has 0 radical (unpaired) electrons. The van der Waals surface area contributed by atoms with Crippen molar-refractivity contribution in [2.45, 2.75) is 39.3 Å². The van der Waals surface area contributed by atoms with Gasteiger partial charge in [0.2, 0.25) is 0 Å². The maximum absolute atomic E-state index is 4.68. The lowest BCUT2D eigenvalue weighted by atomic mass is 10.0. The van der Waals surface area contributed by atoms with E-state index in [1.54, 1.807) is 11.3 Å². The molecule has 0 amide bonds. The Bertz CT molecular complexity index is 853. The zero-order valence-corrected chi connectivity index (χ0v) is 15.5. The standard InChI is InChI=1S/C19H23N5S/c1-13-12-25-19-17(13)18(21-14(2)22-19)23-15-6-9-24(10-7-15)11-16-5-3-4-8-20-16/h3-5,8,12,15H,6-7,9-11H2,1-2H3,(H,21,22,23). The third-order valence-corrected chi connectivity index (χ3v) is 5.76. The van der Waals surface area contributed by atoms with Crippen LogP contribution in [0.4, 0.5) is 5.82 Å². The number of pyridine rings is 1. The first-order valence-electron chi connectivity index (χ1n) is 8.80. The van der Waals surface area contributed by atoms with Gasteiger partial charge in [0.05, 0.1) is 11.1 Å². The van der Waals surface area contributed by atoms with Crippen molar-refractivity contribution in [3.05, 3.63) is 46.9 Å². The lowest BCUT2D eigenvalue weighted by Gasteiger charge is -2.32. The molecule has 1 aliphatic heterocycles. The minimum atomic E-state index is 0.469. The van der Waals surface area contributed by atoms with E-state index in [0.29, 0.717) is 6.04 Å². The largest absolute Gasteiger partial charge is 0.367 e. The maximum atomic E-state index is 4.68. The van der Waals surface area contributed by atoms with Crippen molar-refractivity contribution in [1.82, 2.24) is 19.9 Å². The normalized spacial score (nSPS) is 16.4. The molecule has 4 rings (SSSR count). The second kappa shape index (κ2) is 7.06. The molecule has 3 aromatic rings. The number of piperidine rings is 1. The monoisotopic (exact) mass is 353 g/mol. The summed E-state index contributed by atoms with van der Waals surface area (Å²) in [5, 5.41) is 7.04. The van der Waals surface area contributed by atoms with Gasteiger partial charge in [-0.05, 0) is 49.8 Å². The number of hydrogen-bond donors (Lipinski definition) is 1. The molecule has 130 valence electrons. The summed E-state index contributed by atoms with van der Waals surface area (Å²) >= 11 is 1.70. The highest BCUT2D eigenvalue weighted by Crippen LogP contribution is 2.30. The Kier molecular flexibility index (Phi) is 4.63. The second-order valence-electron chi connectivity index (χ2n) is 6.73. The predicted molar refractivity (Wildman–Crippen MR) is 103 cm³/mol. The number of fused-ring (bicyclic) bond motifs is 1. The van der Waals surface area contributed by atoms with Crippen LogP contribution in [0.15, 0.2) is 29.8 Å². The van der Waals surface area contributed by atoms with Gasteiger partial charge in [-0.3, -0.25) is 9.88 Å². The highest BCUT2D eigenvalue weighted by Gasteiger charge is 2.21. The van der Waals surface area contributed by atoms with Gasteiger partial charge in [0.25, 0.3) is 0 Å². The summed E-state index contributed by atoms with van der Waals surface area (Å²) in [5.74, 6) is 1.84. The van der Waals surface area contributed by atoms with Gasteiger partial charge >= 0.3 is 0 Å². The smallest absolute Gasteiger partial charge is 0.138 e. The van der Waals surface area contributed by atoms with Crippen LogP contribution in [0.25, 0.3) is 10.2 Å². The van der Waals surface area contributed by atoms with Crippen molar-refractivity contribution >= 4 is 27.4 Å². The number of nitrogens with zero attached hydrogens (tertiary/aromatic N) is 4. The molecule has 1 saturated heterocycles. The van der Waals surface area contributed by atoms with Crippen LogP contribution < -0.4 is 5.32 Å². The molecule has 0 atom stereocenters. The topological polar surface area (TPSA) is 53.9 Å². The molecule has 0 aromatic carbocycles. The Hall–Kier alpha value is -2.05. The van der Waals surface area contributed by atoms with Gasteiger partial charge in [-0.15, -0.1) is 11.3 Å². The van der Waals surface area contributed by atoms with E-state index in [2.05, 4.69) is 49.6 Å². The molecule has 25 heavy (non-hydrogen) atoms. The third-order valence-electron chi connectivity index (χ3n) is 4.77. The predicted octanol–water partition coefficient (Wildman–Crippen LogP) is 3.78. The molecule has 6 heteroatoms. The Morgan fingerprint density at radius 3 is 2.80 bits per heavy atom. The molecule has 0 bridgehead atoms. The molecule has 5 nitrogen and oxygen atoms in total. The van der Waals surface area contributed by atoms with Crippen LogP contribution in [0.1, 0.15) is 29.9 Å². The van der Waals surface area contributed by atoms with Crippen LogP contribution in [0.2, 0.25) is 0 Å². The lowest BCUT2D eigenvalue weighted by molar-refractivity contribution is 0.209. The minimum Gasteiger partial charge on any atom is -0.367 e. The Balaban J connectivity index is 1.41. The van der Waals surface area contributed by atoms with E-state index >= 15 is 0 Å². The van der Waals surface area contributed by atoms with Crippen LogP contribution in [0, 0.1) is 13.8 Å². The van der Waals surface area contributed by atoms with Crippen LogP contribution in [-0.2, 0) is 6.54 Å². The van der Waals surface area contributed by atoms with E-state index in [9.17, 15) is 0 Å². The van der Waals surface area contributed by atoms with Crippen LogP contribution >= 0.6 is 11.3 Å². The van der Waals surface area contributed by atoms with E-state index in [0.717, 1.165) is 54.6 Å². The van der Waals surface area contributed by atoms with Gasteiger partial charge in [0.1, 0.15) is 16.5 Å². The summed E-state index contributed by atoms with van der Waals surface area (Å²) in [5.41, 5.74) is 2.41. The van der Waals surface area contributed by atoms with Crippen molar-refractivity contribution in [3.8, 4) is 0 Å². The first-order chi connectivity index (χ1) is 12.2. The second-order valence-corrected chi connectivity index (χ2v) is 7.59. The number of likely N-dealkylation sites (tertiary alicyclic amines) is 1. The number of rotatable bonds is 4. The first kappa shape index (κ1) is 16.4. The zero-order valence-electron chi connectivity index (χ0n) is 14.7. The molecule has 0 spiro atoms. The number of anilines is 1. The molecule has 1 fully saturated rings. The Labute approximate surface area is 152 Å². The molecule has 0 aliphatic carbocycles. The van der Waals surface area contributed by atoms with Crippen molar-refractivity contribution in [2.24, 2.45) is 0 Å². The summed E-state index contributed by atoms with van der Waals surface area (Å²) in [6, 6.07) is 6.60. The third kappa shape index (κ3) is 3.65. The van der Waals surface area contributed by atoms with Crippen molar-refractivity contribution in [3.63, 3.8) is 0 Å². The quantitative estimate of drug-likeness (QED) is 0.773. The summed E-state index contributed by atoms with van der Waals surface area (Å²) in [7, 11) is 0. The highest BCUT2D eigenvalue weighted by molar-refractivity contribution is 7.17. The molecule has 0 unspecified atom stereocenters. The van der Waals surface area contributed by atoms with E-state index in [1.165, 1.54) is 10.9 Å². The summed E-state index contributed by atoms with van der Waals surface area (Å²) in [4.78, 5) is 17.2. The maximum Gasteiger partial charge on any atom is 0.138 e. The van der Waals surface area contributed by atoms with Crippen LogP contribution in [0.3, 0.4) is 0 Å². The van der Waals surface area contributed by atoms with Crippen molar-refractivity contribution in [1.29, 1.82) is 0 Å². The fourth-order valence-electron chi connectivity index (χ4n) is 3.44. The average Bonchev–Trinajstić information content (AvgIpc) is 2.98. The van der Waals surface area contributed by atoms with Gasteiger partial charge in [-0.25, -0.2) is 9.97 Å². The van der Waals surface area contributed by atoms with Crippen LogP contribution in [-0.4, -0.2) is 39.0 Å². The first-order valence-corrected chi connectivity index (χ1v) is 9.68. The number of nitrogens with one attached hydrogen (secondary N) is 1. The minimum absolute atomic E-state index is 0.469. The van der Waals surface area contributed by atoms with Gasteiger partial charge in [0.15, 0.2) is 0 Å². The summed E-state index contributed by atoms with van der Waals surface area (Å²) in [6.07, 6.45) is 4.12. The molecule has 1 aliphatic rings. The van der Waals surface area contributed by atoms with E-state index < -0.39 is 0 Å². The van der Waals surface area contributed by atoms with Gasteiger partial charge in [0, 0.05) is 31.9 Å². The van der Waals surface area contributed by atoms with Gasteiger partial charge < -0.3 is 5.32 Å². The van der Waals surface area contributed by atoms with Crippen molar-refractivity contribution in [2.75, 3.05) is 18.4 Å².